The fraction of sp³-hybridized carbons (Fsp3) is 0.154. The molecular formula is C13H13BrN4O3S. The average molecular weight is 385 g/mol. The van der Waals surface area contributed by atoms with Gasteiger partial charge in [0, 0.05) is 22.3 Å². The number of nitrogens with one attached hydrogen (secondary N) is 1. The maximum atomic E-state index is 11.1. The van der Waals surface area contributed by atoms with Crippen LogP contribution in [-0.2, 0) is 4.79 Å². The van der Waals surface area contributed by atoms with E-state index in [1.807, 2.05) is 0 Å². The Morgan fingerprint density at radius 3 is 2.86 bits per heavy atom. The Labute approximate surface area is 139 Å². The van der Waals surface area contributed by atoms with Gasteiger partial charge in [-0.15, -0.1) is 11.3 Å². The van der Waals surface area contributed by atoms with Crippen molar-refractivity contribution >= 4 is 50.4 Å². The fourth-order valence-corrected chi connectivity index (χ4v) is 2.51. The highest BCUT2D eigenvalue weighted by molar-refractivity contribution is 9.10. The number of carbonyl (C=O) groups excluding carboxylic acids is 1. The average Bonchev–Trinajstić information content (AvgIpc) is 2.86. The summed E-state index contributed by atoms with van der Waals surface area (Å²) in [6, 6.07) is 3.34. The number of benzene rings is 1. The molecule has 2 rings (SSSR count). The number of nitrogen functional groups attached to an aromatic ring is 1. The molecule has 22 heavy (non-hydrogen) atoms. The van der Waals surface area contributed by atoms with Gasteiger partial charge in [0.15, 0.2) is 11.5 Å². The van der Waals surface area contributed by atoms with E-state index in [1.54, 1.807) is 23.7 Å². The molecule has 1 aromatic carbocycles. The molecule has 2 aromatic rings. The van der Waals surface area contributed by atoms with Crippen LogP contribution in [0.15, 0.2) is 27.1 Å². The van der Waals surface area contributed by atoms with Crippen molar-refractivity contribution in [2.75, 3.05) is 18.3 Å². The van der Waals surface area contributed by atoms with Gasteiger partial charge in [-0.3, -0.25) is 10.2 Å². The zero-order chi connectivity index (χ0) is 16.1. The summed E-state index contributed by atoms with van der Waals surface area (Å²) in [6.07, 6.45) is 1.59. The topological polar surface area (TPSA) is 98.8 Å². The van der Waals surface area contributed by atoms with E-state index in [0.717, 1.165) is 5.56 Å². The van der Waals surface area contributed by atoms with Gasteiger partial charge in [0.2, 0.25) is 5.13 Å². The van der Waals surface area contributed by atoms with Gasteiger partial charge < -0.3 is 15.2 Å². The number of methoxy groups -OCH3 is 1. The molecule has 0 aliphatic rings. The third-order valence-corrected chi connectivity index (χ3v) is 3.87. The summed E-state index contributed by atoms with van der Waals surface area (Å²) in [4.78, 5) is 15.1. The monoisotopic (exact) mass is 384 g/mol. The summed E-state index contributed by atoms with van der Waals surface area (Å²) in [5.41, 5.74) is 9.04. The second-order valence-corrected chi connectivity index (χ2v) is 5.78. The molecule has 0 aliphatic heterocycles. The second-order valence-electron chi connectivity index (χ2n) is 4.07. The van der Waals surface area contributed by atoms with Crippen molar-refractivity contribution in [3.8, 4) is 11.5 Å². The molecule has 0 fully saturated rings. The van der Waals surface area contributed by atoms with E-state index in [-0.39, 0.29) is 0 Å². The minimum Gasteiger partial charge on any atom is -0.493 e. The summed E-state index contributed by atoms with van der Waals surface area (Å²) in [5, 5.41) is 6.38. The van der Waals surface area contributed by atoms with Crippen LogP contribution in [-0.4, -0.2) is 24.3 Å². The number of ether oxygens (including phenoxy) is 2. The highest BCUT2D eigenvalue weighted by Gasteiger charge is 2.11. The van der Waals surface area contributed by atoms with E-state index in [1.165, 1.54) is 25.4 Å². The molecule has 0 radical (unpaired) electrons. The van der Waals surface area contributed by atoms with Gasteiger partial charge in [0.25, 0.3) is 0 Å². The number of thiazole rings is 1. The molecule has 3 N–H and O–H groups in total. The first-order valence-corrected chi connectivity index (χ1v) is 7.73. The first-order valence-electron chi connectivity index (χ1n) is 6.05. The lowest BCUT2D eigenvalue weighted by Gasteiger charge is -2.10. The van der Waals surface area contributed by atoms with Crippen LogP contribution >= 0.6 is 27.3 Å². The van der Waals surface area contributed by atoms with E-state index in [9.17, 15) is 4.79 Å². The fourth-order valence-electron chi connectivity index (χ4n) is 1.54. The Bertz CT molecular complexity index is 717. The van der Waals surface area contributed by atoms with Crippen LogP contribution in [0.5, 0.6) is 11.5 Å². The van der Waals surface area contributed by atoms with E-state index >= 15 is 0 Å². The third-order valence-electron chi connectivity index (χ3n) is 2.42. The Balaban J connectivity index is 2.18. The summed E-state index contributed by atoms with van der Waals surface area (Å²) in [6.45, 7) is 1.33. The van der Waals surface area contributed by atoms with Gasteiger partial charge in [-0.2, -0.15) is 5.10 Å². The minimum atomic E-state index is -0.422. The highest BCUT2D eigenvalue weighted by Crippen LogP contribution is 2.33. The smallest absolute Gasteiger partial charge is 0.308 e. The predicted octanol–water partition coefficient (Wildman–Crippen LogP) is 2.87. The van der Waals surface area contributed by atoms with E-state index < -0.39 is 5.97 Å². The lowest BCUT2D eigenvalue weighted by molar-refractivity contribution is -0.132. The van der Waals surface area contributed by atoms with E-state index in [0.29, 0.717) is 26.9 Å². The van der Waals surface area contributed by atoms with Crippen molar-refractivity contribution in [2.45, 2.75) is 6.92 Å². The quantitative estimate of drug-likeness (QED) is 0.355. The molecule has 1 heterocycles. The lowest BCUT2D eigenvalue weighted by Crippen LogP contribution is -2.04. The van der Waals surface area contributed by atoms with Crippen molar-refractivity contribution in [1.29, 1.82) is 0 Å². The molecule has 0 spiro atoms. The SMILES string of the molecule is COc1cc(C=NNc2nc(N)cs2)c(Br)cc1OC(C)=O. The van der Waals surface area contributed by atoms with Crippen molar-refractivity contribution in [3.05, 3.63) is 27.5 Å². The molecule has 0 amide bonds. The van der Waals surface area contributed by atoms with Crippen molar-refractivity contribution < 1.29 is 14.3 Å². The van der Waals surface area contributed by atoms with Gasteiger partial charge in [0.05, 0.1) is 13.3 Å². The van der Waals surface area contributed by atoms with Crippen molar-refractivity contribution in [3.63, 3.8) is 0 Å². The first kappa shape index (κ1) is 16.2. The molecule has 0 saturated heterocycles. The molecule has 0 saturated carbocycles. The molecule has 1 aromatic heterocycles. The molecule has 9 heteroatoms. The Kier molecular flexibility index (Phi) is 5.34. The van der Waals surface area contributed by atoms with Gasteiger partial charge in [-0.05, 0) is 28.1 Å². The summed E-state index contributed by atoms with van der Waals surface area (Å²) >= 11 is 4.74. The van der Waals surface area contributed by atoms with Crippen LogP contribution in [0.3, 0.4) is 0 Å². The number of nitrogens with zero attached hydrogens (tertiary/aromatic N) is 2. The normalized spacial score (nSPS) is 10.7. The molecular weight excluding hydrogens is 372 g/mol. The van der Waals surface area contributed by atoms with Gasteiger partial charge in [-0.1, -0.05) is 0 Å². The molecule has 0 bridgehead atoms. The first-order chi connectivity index (χ1) is 10.5. The molecule has 0 unspecified atom stereocenters. The number of aromatic nitrogens is 1. The molecule has 116 valence electrons. The largest absolute Gasteiger partial charge is 0.493 e. The van der Waals surface area contributed by atoms with Crippen LogP contribution in [0.2, 0.25) is 0 Å². The number of nitrogens with two attached hydrogens (primary N) is 1. The summed E-state index contributed by atoms with van der Waals surface area (Å²) < 4.78 is 11.0. The number of carbonyl (C=O) groups is 1. The van der Waals surface area contributed by atoms with Crippen molar-refractivity contribution in [2.24, 2.45) is 5.10 Å². The number of hydrogen-bond donors (Lipinski definition) is 2. The number of hydrogen-bond acceptors (Lipinski definition) is 8. The number of anilines is 2. The maximum absolute atomic E-state index is 11.1. The van der Waals surface area contributed by atoms with Crippen LogP contribution in [0.1, 0.15) is 12.5 Å². The zero-order valence-electron chi connectivity index (χ0n) is 11.8. The third kappa shape index (κ3) is 4.18. The highest BCUT2D eigenvalue weighted by atomic mass is 79.9. The van der Waals surface area contributed by atoms with Crippen LogP contribution < -0.4 is 20.6 Å². The lowest BCUT2D eigenvalue weighted by atomic mass is 10.2. The number of hydrazone groups is 1. The Hall–Kier alpha value is -2.13. The van der Waals surface area contributed by atoms with Gasteiger partial charge >= 0.3 is 5.97 Å². The van der Waals surface area contributed by atoms with Crippen LogP contribution in [0.4, 0.5) is 10.9 Å². The maximum Gasteiger partial charge on any atom is 0.308 e. The molecule has 0 atom stereocenters. The number of halogens is 1. The predicted molar refractivity (Wildman–Crippen MR) is 89.7 cm³/mol. The second kappa shape index (κ2) is 7.23. The summed E-state index contributed by atoms with van der Waals surface area (Å²) in [5.74, 6) is 0.781. The molecule has 7 nitrogen and oxygen atoms in total. The van der Waals surface area contributed by atoms with E-state index in [2.05, 4.69) is 31.4 Å². The van der Waals surface area contributed by atoms with Crippen molar-refractivity contribution in [1.82, 2.24) is 4.98 Å². The summed E-state index contributed by atoms with van der Waals surface area (Å²) in [7, 11) is 1.49. The van der Waals surface area contributed by atoms with Gasteiger partial charge in [0.1, 0.15) is 5.82 Å². The number of esters is 1. The number of rotatable bonds is 5. The Morgan fingerprint density at radius 1 is 1.50 bits per heavy atom. The Morgan fingerprint density at radius 2 is 2.27 bits per heavy atom. The minimum absolute atomic E-state index is 0.333. The molecule has 0 aliphatic carbocycles. The van der Waals surface area contributed by atoms with Crippen LogP contribution in [0, 0.1) is 0 Å². The van der Waals surface area contributed by atoms with Crippen LogP contribution in [0.25, 0.3) is 0 Å². The van der Waals surface area contributed by atoms with Gasteiger partial charge in [-0.25, -0.2) is 4.98 Å². The standard InChI is InChI=1S/C13H13BrN4O3S/c1-7(19)21-11-4-9(14)8(3-10(11)20-2)5-16-18-13-17-12(15)6-22-13/h3-6H,15H2,1-2H3,(H,17,18). The zero-order valence-corrected chi connectivity index (χ0v) is 14.2. The van der Waals surface area contributed by atoms with E-state index in [4.69, 9.17) is 15.2 Å².